The molecule has 2 heterocycles. The molecule has 8 heteroatoms. The first-order valence-electron chi connectivity index (χ1n) is 8.09. The Morgan fingerprint density at radius 2 is 1.79 bits per heavy atom. The number of anilines is 3. The molecule has 0 saturated carbocycles. The molecule has 1 aromatic carbocycles. The molecule has 0 bridgehead atoms. The number of aromatic nitrogens is 3. The Morgan fingerprint density at radius 1 is 1.08 bits per heavy atom. The Kier molecular flexibility index (Phi) is 5.79. The number of nitrogens with one attached hydrogen (secondary N) is 3. The van der Waals surface area contributed by atoms with Crippen LogP contribution in [-0.2, 0) is 4.74 Å². The van der Waals surface area contributed by atoms with Gasteiger partial charge in [0.2, 0.25) is 17.2 Å². The lowest BCUT2D eigenvalue weighted by Gasteiger charge is -2.23. The second-order valence-corrected chi connectivity index (χ2v) is 6.12. The predicted molar refractivity (Wildman–Crippen MR) is 94.2 cm³/mol. The molecule has 128 valence electrons. The zero-order valence-corrected chi connectivity index (χ0v) is 14.4. The van der Waals surface area contributed by atoms with Gasteiger partial charge in [-0.3, -0.25) is 0 Å². The maximum Gasteiger partial charge on any atom is 0.233 e. The Morgan fingerprint density at radius 3 is 2.54 bits per heavy atom. The van der Waals surface area contributed by atoms with Gasteiger partial charge in [-0.2, -0.15) is 15.0 Å². The molecule has 7 nitrogen and oxygen atoms in total. The highest BCUT2D eigenvalue weighted by Gasteiger charge is 2.13. The molecule has 0 atom stereocenters. The minimum atomic E-state index is 0.167. The van der Waals surface area contributed by atoms with Gasteiger partial charge in [0, 0.05) is 5.69 Å². The fraction of sp³-hybridized carbons (Fsp3) is 0.438. The van der Waals surface area contributed by atoms with Crippen LogP contribution in [0.15, 0.2) is 24.3 Å². The van der Waals surface area contributed by atoms with Crippen LogP contribution < -0.4 is 15.5 Å². The number of hydrogen-bond donors (Lipinski definition) is 3. The summed E-state index contributed by atoms with van der Waals surface area (Å²) in [7, 11) is 0. The van der Waals surface area contributed by atoms with E-state index in [0.29, 0.717) is 11.9 Å². The van der Waals surface area contributed by atoms with E-state index < -0.39 is 0 Å². The van der Waals surface area contributed by atoms with Crippen molar-refractivity contribution < 1.29 is 9.64 Å². The lowest BCUT2D eigenvalue weighted by Crippen LogP contribution is -3.14. The first-order valence-corrected chi connectivity index (χ1v) is 8.47. The van der Waals surface area contributed by atoms with E-state index in [2.05, 4.69) is 25.6 Å². The maximum absolute atomic E-state index is 6.01. The number of quaternary nitrogens is 1. The number of rotatable bonds is 6. The van der Waals surface area contributed by atoms with Crippen LogP contribution >= 0.6 is 11.6 Å². The third-order valence-electron chi connectivity index (χ3n) is 3.88. The van der Waals surface area contributed by atoms with Crippen molar-refractivity contribution in [3.05, 3.63) is 35.1 Å². The highest BCUT2D eigenvalue weighted by Crippen LogP contribution is 2.16. The van der Waals surface area contributed by atoms with Gasteiger partial charge in [-0.1, -0.05) is 17.7 Å². The number of nitrogens with zero attached hydrogens (tertiary/aromatic N) is 3. The smallest absolute Gasteiger partial charge is 0.233 e. The average Bonchev–Trinajstić information content (AvgIpc) is 2.57. The van der Waals surface area contributed by atoms with Crippen LogP contribution in [0.3, 0.4) is 0 Å². The van der Waals surface area contributed by atoms with Crippen molar-refractivity contribution in [1.82, 2.24) is 15.0 Å². The van der Waals surface area contributed by atoms with Gasteiger partial charge in [-0.15, -0.1) is 0 Å². The van der Waals surface area contributed by atoms with Crippen LogP contribution in [0.1, 0.15) is 5.56 Å². The van der Waals surface area contributed by atoms with Crippen molar-refractivity contribution in [2.45, 2.75) is 6.92 Å². The molecule has 3 rings (SSSR count). The number of halogens is 1. The molecule has 1 aliphatic heterocycles. The molecule has 1 saturated heterocycles. The number of aryl methyl sites for hydroxylation is 1. The number of hydrogen-bond acceptors (Lipinski definition) is 6. The van der Waals surface area contributed by atoms with Gasteiger partial charge < -0.3 is 20.3 Å². The van der Waals surface area contributed by atoms with Crippen LogP contribution in [-0.4, -0.2) is 54.3 Å². The van der Waals surface area contributed by atoms with Crippen molar-refractivity contribution >= 4 is 29.2 Å². The van der Waals surface area contributed by atoms with Gasteiger partial charge in [0.1, 0.15) is 13.1 Å². The van der Waals surface area contributed by atoms with Gasteiger partial charge in [-0.25, -0.2) is 0 Å². The summed E-state index contributed by atoms with van der Waals surface area (Å²) in [5.74, 6) is 0.914. The second-order valence-electron chi connectivity index (χ2n) is 5.78. The Balaban J connectivity index is 1.57. The average molecular weight is 350 g/mol. The number of morpholine rings is 1. The first kappa shape index (κ1) is 16.9. The van der Waals surface area contributed by atoms with Gasteiger partial charge in [0.15, 0.2) is 0 Å². The van der Waals surface area contributed by atoms with Crippen LogP contribution in [0, 0.1) is 6.92 Å². The molecule has 3 N–H and O–H groups in total. The summed E-state index contributed by atoms with van der Waals surface area (Å²) in [6.07, 6.45) is 0. The molecule has 1 aromatic heterocycles. The topological polar surface area (TPSA) is 76.4 Å². The second kappa shape index (κ2) is 8.23. The predicted octanol–water partition coefficient (Wildman–Crippen LogP) is 0.904. The van der Waals surface area contributed by atoms with Gasteiger partial charge in [0.05, 0.1) is 26.3 Å². The van der Waals surface area contributed by atoms with E-state index >= 15 is 0 Å². The largest absolute Gasteiger partial charge is 0.370 e. The minimum Gasteiger partial charge on any atom is -0.370 e. The molecule has 0 aliphatic carbocycles. The normalized spacial score (nSPS) is 15.2. The van der Waals surface area contributed by atoms with Crippen LogP contribution in [0.2, 0.25) is 5.28 Å². The fourth-order valence-electron chi connectivity index (χ4n) is 2.51. The molecular formula is C16H22ClN6O+. The lowest BCUT2D eigenvalue weighted by atomic mass is 10.2. The SMILES string of the molecule is Cc1ccc(Nc2nc(Cl)nc(NCC[NH+]3CCOCC3)n2)cc1. The molecule has 1 fully saturated rings. The summed E-state index contributed by atoms with van der Waals surface area (Å²) in [6.45, 7) is 7.56. The standard InChI is InChI=1S/C16H21ClN6O/c1-12-2-4-13(5-3-12)19-16-21-14(17)20-15(22-16)18-6-7-23-8-10-24-11-9-23/h2-5H,6-11H2,1H3,(H2,18,19,20,21,22)/p+1. The van der Waals surface area contributed by atoms with Crippen molar-refractivity contribution in [3.8, 4) is 0 Å². The lowest BCUT2D eigenvalue weighted by molar-refractivity contribution is -0.906. The van der Waals surface area contributed by atoms with E-state index in [4.69, 9.17) is 16.3 Å². The van der Waals surface area contributed by atoms with Crippen molar-refractivity contribution in [2.75, 3.05) is 50.0 Å². The van der Waals surface area contributed by atoms with Crippen LogP contribution in [0.25, 0.3) is 0 Å². The van der Waals surface area contributed by atoms with E-state index in [1.54, 1.807) is 0 Å². The van der Waals surface area contributed by atoms with Crippen molar-refractivity contribution in [3.63, 3.8) is 0 Å². The van der Waals surface area contributed by atoms with E-state index in [1.807, 2.05) is 31.2 Å². The zero-order chi connectivity index (χ0) is 16.8. The summed E-state index contributed by atoms with van der Waals surface area (Å²) >= 11 is 6.01. The molecule has 0 amide bonds. The van der Waals surface area contributed by atoms with E-state index in [1.165, 1.54) is 10.5 Å². The quantitative estimate of drug-likeness (QED) is 0.719. The maximum atomic E-state index is 6.01. The molecule has 1 aliphatic rings. The summed E-state index contributed by atoms with van der Waals surface area (Å²) < 4.78 is 5.36. The molecule has 0 unspecified atom stereocenters. The van der Waals surface area contributed by atoms with Crippen LogP contribution in [0.4, 0.5) is 17.6 Å². The monoisotopic (exact) mass is 349 g/mol. The summed E-state index contributed by atoms with van der Waals surface area (Å²) in [6, 6.07) is 7.99. The van der Waals surface area contributed by atoms with Crippen molar-refractivity contribution in [2.24, 2.45) is 0 Å². The molecule has 0 spiro atoms. The highest BCUT2D eigenvalue weighted by molar-refractivity contribution is 6.28. The minimum absolute atomic E-state index is 0.167. The molecule has 24 heavy (non-hydrogen) atoms. The fourth-order valence-corrected chi connectivity index (χ4v) is 2.67. The Bertz CT molecular complexity index is 660. The van der Waals surface area contributed by atoms with E-state index in [9.17, 15) is 0 Å². The Hall–Kier alpha value is -1.96. The Labute approximate surface area is 146 Å². The summed E-state index contributed by atoms with van der Waals surface area (Å²) in [4.78, 5) is 14.1. The molecule has 2 aromatic rings. The molecule has 0 radical (unpaired) electrons. The van der Waals surface area contributed by atoms with Gasteiger partial charge >= 0.3 is 0 Å². The zero-order valence-electron chi connectivity index (χ0n) is 13.7. The summed E-state index contributed by atoms with van der Waals surface area (Å²) in [5, 5.41) is 6.53. The molecular weight excluding hydrogens is 328 g/mol. The third kappa shape index (κ3) is 5.02. The number of benzene rings is 1. The summed E-state index contributed by atoms with van der Waals surface area (Å²) in [5.41, 5.74) is 2.11. The van der Waals surface area contributed by atoms with Gasteiger partial charge in [0.25, 0.3) is 0 Å². The first-order chi connectivity index (χ1) is 11.7. The van der Waals surface area contributed by atoms with E-state index in [-0.39, 0.29) is 5.28 Å². The van der Waals surface area contributed by atoms with Crippen molar-refractivity contribution in [1.29, 1.82) is 0 Å². The van der Waals surface area contributed by atoms with Crippen LogP contribution in [0.5, 0.6) is 0 Å². The highest BCUT2D eigenvalue weighted by atomic mass is 35.5. The van der Waals surface area contributed by atoms with Gasteiger partial charge in [-0.05, 0) is 30.7 Å². The third-order valence-corrected chi connectivity index (χ3v) is 4.05. The van der Waals surface area contributed by atoms with E-state index in [0.717, 1.165) is 45.1 Å². The number of ether oxygens (including phenoxy) is 1.